The fourth-order valence-corrected chi connectivity index (χ4v) is 2.49. The van der Waals surface area contributed by atoms with Crippen molar-refractivity contribution < 1.29 is 14.9 Å². The Bertz CT molecular complexity index is 454. The zero-order valence-electron chi connectivity index (χ0n) is 11.1. The van der Waals surface area contributed by atoms with E-state index in [9.17, 15) is 10.2 Å². The molecule has 0 aromatic carbocycles. The monoisotopic (exact) mass is 286 g/mol. The molecule has 106 valence electrons. The van der Waals surface area contributed by atoms with E-state index < -0.39 is 0 Å². The topological polar surface area (TPSA) is 65.8 Å². The first-order valence-electron chi connectivity index (χ1n) is 6.24. The number of pyridine rings is 1. The van der Waals surface area contributed by atoms with Gasteiger partial charge in [-0.2, -0.15) is 0 Å². The first-order chi connectivity index (χ1) is 8.95. The van der Waals surface area contributed by atoms with Crippen LogP contribution in [-0.2, 0) is 11.3 Å². The van der Waals surface area contributed by atoms with Gasteiger partial charge in [0.15, 0.2) is 0 Å². The molecule has 5 nitrogen and oxygen atoms in total. The smallest absolute Gasteiger partial charge is 0.129 e. The molecule has 2 N–H and O–H groups in total. The van der Waals surface area contributed by atoms with Gasteiger partial charge >= 0.3 is 0 Å². The van der Waals surface area contributed by atoms with Crippen LogP contribution in [0.25, 0.3) is 0 Å². The van der Waals surface area contributed by atoms with Crippen molar-refractivity contribution in [3.63, 3.8) is 0 Å². The lowest BCUT2D eigenvalue weighted by molar-refractivity contribution is -0.101. The Morgan fingerprint density at radius 2 is 2.26 bits per heavy atom. The van der Waals surface area contributed by atoms with Crippen LogP contribution < -0.4 is 4.90 Å². The Hall–Kier alpha value is -0.880. The second-order valence-corrected chi connectivity index (χ2v) is 5.76. The maximum absolute atomic E-state index is 9.30. The Kier molecular flexibility index (Phi) is 4.30. The van der Waals surface area contributed by atoms with Crippen LogP contribution in [0.4, 0.5) is 5.82 Å². The average molecular weight is 287 g/mol. The molecule has 2 rings (SSSR count). The van der Waals surface area contributed by atoms with E-state index in [0.717, 1.165) is 5.82 Å². The van der Waals surface area contributed by atoms with E-state index in [-0.39, 0.29) is 24.9 Å². The van der Waals surface area contributed by atoms with Gasteiger partial charge in [0.25, 0.3) is 0 Å². The van der Waals surface area contributed by atoms with Gasteiger partial charge in [-0.15, -0.1) is 0 Å². The van der Waals surface area contributed by atoms with Gasteiger partial charge in [-0.25, -0.2) is 4.98 Å². The number of rotatable bonds is 3. The predicted molar refractivity (Wildman–Crippen MR) is 73.4 cm³/mol. The number of aromatic nitrogens is 1. The number of hydrogen-bond donors (Lipinski definition) is 2. The zero-order valence-corrected chi connectivity index (χ0v) is 11.9. The zero-order chi connectivity index (χ0) is 14.0. The summed E-state index contributed by atoms with van der Waals surface area (Å²) in [4.78, 5) is 6.33. The highest BCUT2D eigenvalue weighted by Gasteiger charge is 2.33. The molecule has 1 aliphatic rings. The highest BCUT2D eigenvalue weighted by atomic mass is 35.5. The van der Waals surface area contributed by atoms with Crippen LogP contribution in [0.1, 0.15) is 19.4 Å². The molecule has 0 spiro atoms. The van der Waals surface area contributed by atoms with Crippen molar-refractivity contribution in [2.75, 3.05) is 24.6 Å². The van der Waals surface area contributed by atoms with Gasteiger partial charge < -0.3 is 19.8 Å². The molecule has 1 unspecified atom stereocenters. The molecule has 0 radical (unpaired) electrons. The number of nitrogens with zero attached hydrogens (tertiary/aromatic N) is 2. The summed E-state index contributed by atoms with van der Waals surface area (Å²) >= 11 is 5.94. The molecular weight excluding hydrogens is 268 g/mol. The number of morpholine rings is 1. The maximum atomic E-state index is 9.30. The van der Waals surface area contributed by atoms with Gasteiger partial charge in [0.05, 0.1) is 29.9 Å². The lowest BCUT2D eigenvalue weighted by atomic mass is 10.1. The Balaban J connectivity index is 2.25. The standard InChI is InChI=1S/C13H19ClN2O3/c1-13(2)8-16(5-10(7-18)19-13)12-3-9(6-17)11(14)4-15-12/h3-4,10,17-18H,5-8H2,1-2H3. The van der Waals surface area contributed by atoms with Gasteiger partial charge in [0.2, 0.25) is 0 Å². The summed E-state index contributed by atoms with van der Waals surface area (Å²) < 4.78 is 5.76. The maximum Gasteiger partial charge on any atom is 0.129 e. The summed E-state index contributed by atoms with van der Waals surface area (Å²) in [6.45, 7) is 5.05. The van der Waals surface area contributed by atoms with Crippen molar-refractivity contribution in [1.82, 2.24) is 4.98 Å². The molecule has 1 aliphatic heterocycles. The van der Waals surface area contributed by atoms with Crippen molar-refractivity contribution in [2.45, 2.75) is 32.2 Å². The van der Waals surface area contributed by atoms with Crippen LogP contribution in [-0.4, -0.2) is 46.6 Å². The summed E-state index contributed by atoms with van der Waals surface area (Å²) in [5.74, 6) is 0.739. The summed E-state index contributed by atoms with van der Waals surface area (Å²) in [6, 6.07) is 1.78. The Morgan fingerprint density at radius 3 is 2.89 bits per heavy atom. The highest BCUT2D eigenvalue weighted by molar-refractivity contribution is 6.31. The van der Waals surface area contributed by atoms with Crippen molar-refractivity contribution in [1.29, 1.82) is 0 Å². The van der Waals surface area contributed by atoms with Crippen molar-refractivity contribution in [2.24, 2.45) is 0 Å². The van der Waals surface area contributed by atoms with Crippen LogP contribution >= 0.6 is 11.6 Å². The van der Waals surface area contributed by atoms with Crippen LogP contribution in [0.5, 0.6) is 0 Å². The number of halogens is 1. The molecule has 0 saturated carbocycles. The minimum atomic E-state index is -0.355. The lowest BCUT2D eigenvalue weighted by Gasteiger charge is -2.42. The number of aliphatic hydroxyl groups excluding tert-OH is 2. The van der Waals surface area contributed by atoms with E-state index in [1.807, 2.05) is 18.7 Å². The minimum Gasteiger partial charge on any atom is -0.394 e. The molecular formula is C13H19ClN2O3. The summed E-state index contributed by atoms with van der Waals surface area (Å²) in [7, 11) is 0. The summed E-state index contributed by atoms with van der Waals surface area (Å²) in [6.07, 6.45) is 1.30. The fraction of sp³-hybridized carbons (Fsp3) is 0.615. The SMILES string of the molecule is CC1(C)CN(c2cc(CO)c(Cl)cn2)CC(CO)O1. The van der Waals surface area contributed by atoms with Crippen LogP contribution in [0, 0.1) is 0 Å². The second-order valence-electron chi connectivity index (χ2n) is 5.35. The predicted octanol–water partition coefficient (Wildman–Crippen LogP) is 1.20. The molecule has 0 amide bonds. The number of ether oxygens (including phenoxy) is 1. The molecule has 1 aromatic heterocycles. The van der Waals surface area contributed by atoms with E-state index >= 15 is 0 Å². The third-order valence-electron chi connectivity index (χ3n) is 3.10. The molecule has 6 heteroatoms. The third kappa shape index (κ3) is 3.36. The number of aliphatic hydroxyl groups is 2. The lowest BCUT2D eigenvalue weighted by Crippen LogP contribution is -2.54. The van der Waals surface area contributed by atoms with Crippen LogP contribution in [0.2, 0.25) is 5.02 Å². The average Bonchev–Trinajstić information content (AvgIpc) is 2.37. The molecule has 0 aliphatic carbocycles. The fourth-order valence-electron chi connectivity index (χ4n) is 2.33. The molecule has 1 fully saturated rings. The van der Waals surface area contributed by atoms with Gasteiger partial charge in [-0.05, 0) is 19.9 Å². The van der Waals surface area contributed by atoms with E-state index in [2.05, 4.69) is 4.98 Å². The molecule has 1 aromatic rings. The normalized spacial score (nSPS) is 22.6. The highest BCUT2D eigenvalue weighted by Crippen LogP contribution is 2.27. The van der Waals surface area contributed by atoms with E-state index in [1.165, 1.54) is 0 Å². The van der Waals surface area contributed by atoms with Crippen LogP contribution in [0.15, 0.2) is 12.3 Å². The van der Waals surface area contributed by atoms with E-state index in [4.69, 9.17) is 16.3 Å². The van der Waals surface area contributed by atoms with Gasteiger partial charge in [-0.1, -0.05) is 11.6 Å². The Labute approximate surface area is 117 Å². The van der Waals surface area contributed by atoms with Crippen molar-refractivity contribution in [3.8, 4) is 0 Å². The van der Waals surface area contributed by atoms with Gasteiger partial charge in [-0.3, -0.25) is 0 Å². The van der Waals surface area contributed by atoms with Gasteiger partial charge in [0.1, 0.15) is 5.82 Å². The van der Waals surface area contributed by atoms with E-state index in [0.29, 0.717) is 23.7 Å². The minimum absolute atomic E-state index is 0.0274. The molecule has 2 heterocycles. The summed E-state index contributed by atoms with van der Waals surface area (Å²) in [5.41, 5.74) is 0.295. The van der Waals surface area contributed by atoms with Crippen LogP contribution in [0.3, 0.4) is 0 Å². The largest absolute Gasteiger partial charge is 0.394 e. The summed E-state index contributed by atoms with van der Waals surface area (Å²) in [5, 5.41) is 19.0. The molecule has 0 bridgehead atoms. The first-order valence-corrected chi connectivity index (χ1v) is 6.62. The van der Waals surface area contributed by atoms with Crippen molar-refractivity contribution in [3.05, 3.63) is 22.8 Å². The quantitative estimate of drug-likeness (QED) is 0.874. The molecule has 19 heavy (non-hydrogen) atoms. The molecule has 1 atom stereocenters. The third-order valence-corrected chi connectivity index (χ3v) is 3.44. The van der Waals surface area contributed by atoms with Crippen molar-refractivity contribution >= 4 is 17.4 Å². The van der Waals surface area contributed by atoms with Gasteiger partial charge in [0, 0.05) is 24.8 Å². The number of anilines is 1. The van der Waals surface area contributed by atoms with E-state index in [1.54, 1.807) is 12.3 Å². The first kappa shape index (κ1) is 14.5. The Morgan fingerprint density at radius 1 is 1.53 bits per heavy atom. The number of hydrogen-bond acceptors (Lipinski definition) is 5. The molecule has 1 saturated heterocycles. The second kappa shape index (κ2) is 5.63.